The van der Waals surface area contributed by atoms with Gasteiger partial charge in [-0.15, -0.1) is 0 Å². The third-order valence-corrected chi connectivity index (χ3v) is 5.66. The summed E-state index contributed by atoms with van der Waals surface area (Å²) in [5.74, 6) is 1.67. The second-order valence-corrected chi connectivity index (χ2v) is 7.39. The quantitative estimate of drug-likeness (QED) is 0.934. The molecule has 1 N–H and O–H groups in total. The molecule has 1 saturated heterocycles. The Morgan fingerprint density at radius 1 is 1.16 bits per heavy atom. The van der Waals surface area contributed by atoms with Crippen LogP contribution in [0.5, 0.6) is 5.75 Å². The number of pyridine rings is 1. The molecule has 2 aliphatic rings. The highest BCUT2D eigenvalue weighted by Crippen LogP contribution is 2.33. The number of aliphatic hydroxyl groups is 1. The molecule has 4 rings (SSSR count). The van der Waals surface area contributed by atoms with Crippen LogP contribution in [0, 0.1) is 5.92 Å². The number of nitrogens with zero attached hydrogens (tertiary/aromatic N) is 2. The molecule has 1 fully saturated rings. The molecule has 0 saturated carbocycles. The Morgan fingerprint density at radius 3 is 2.80 bits per heavy atom. The molecule has 132 valence electrons. The van der Waals surface area contributed by atoms with Gasteiger partial charge in [0.15, 0.2) is 0 Å². The summed E-state index contributed by atoms with van der Waals surface area (Å²) in [6, 6.07) is 12.3. The molecule has 0 aliphatic carbocycles. The van der Waals surface area contributed by atoms with E-state index in [1.54, 1.807) is 12.4 Å². The number of hydrogen-bond acceptors (Lipinski definition) is 4. The van der Waals surface area contributed by atoms with E-state index in [-0.39, 0.29) is 0 Å². The molecule has 0 radical (unpaired) electrons. The Hall–Kier alpha value is -1.91. The zero-order chi connectivity index (χ0) is 17.1. The highest BCUT2D eigenvalue weighted by molar-refractivity contribution is 5.34. The van der Waals surface area contributed by atoms with Gasteiger partial charge in [0.1, 0.15) is 5.75 Å². The van der Waals surface area contributed by atoms with Crippen molar-refractivity contribution in [2.75, 3.05) is 26.2 Å². The van der Waals surface area contributed by atoms with Gasteiger partial charge in [-0.1, -0.05) is 24.3 Å². The third-order valence-electron chi connectivity index (χ3n) is 5.66. The van der Waals surface area contributed by atoms with Crippen molar-refractivity contribution in [3.8, 4) is 5.75 Å². The Balaban J connectivity index is 1.36. The van der Waals surface area contributed by atoms with E-state index >= 15 is 0 Å². The van der Waals surface area contributed by atoms with Crippen LogP contribution >= 0.6 is 0 Å². The maximum atomic E-state index is 11.0. The molecule has 25 heavy (non-hydrogen) atoms. The predicted octanol–water partition coefficient (Wildman–Crippen LogP) is 3.01. The fraction of sp³-hybridized carbons (Fsp3) is 0.476. The van der Waals surface area contributed by atoms with E-state index < -0.39 is 5.60 Å². The SMILES string of the molecule is OC1(c2cccnc2)CCN(C[C@H]2CCOc3ccccc3C2)CC1. The number of rotatable bonds is 3. The summed E-state index contributed by atoms with van der Waals surface area (Å²) in [6.07, 6.45) is 7.29. The average molecular weight is 338 g/mol. The van der Waals surface area contributed by atoms with E-state index in [0.717, 1.165) is 63.2 Å². The summed E-state index contributed by atoms with van der Waals surface area (Å²) in [5.41, 5.74) is 1.56. The summed E-state index contributed by atoms with van der Waals surface area (Å²) in [6.45, 7) is 3.75. The molecule has 3 heterocycles. The zero-order valence-corrected chi connectivity index (χ0v) is 14.6. The van der Waals surface area contributed by atoms with Crippen molar-refractivity contribution in [3.63, 3.8) is 0 Å². The maximum Gasteiger partial charge on any atom is 0.122 e. The molecule has 1 aromatic carbocycles. The summed E-state index contributed by atoms with van der Waals surface area (Å²) in [4.78, 5) is 6.67. The van der Waals surface area contributed by atoms with Crippen molar-refractivity contribution in [1.82, 2.24) is 9.88 Å². The molecule has 1 aromatic heterocycles. The normalized spacial score (nSPS) is 23.3. The van der Waals surface area contributed by atoms with Crippen LogP contribution in [0.15, 0.2) is 48.8 Å². The average Bonchev–Trinajstić information content (AvgIpc) is 2.86. The number of ether oxygens (including phenoxy) is 1. The van der Waals surface area contributed by atoms with Crippen LogP contribution < -0.4 is 4.74 Å². The first-order valence-corrected chi connectivity index (χ1v) is 9.29. The van der Waals surface area contributed by atoms with Crippen molar-refractivity contribution in [1.29, 1.82) is 0 Å². The van der Waals surface area contributed by atoms with Gasteiger partial charge in [-0.05, 0) is 49.3 Å². The van der Waals surface area contributed by atoms with E-state index in [2.05, 4.69) is 28.1 Å². The van der Waals surface area contributed by atoms with Crippen LogP contribution in [0.25, 0.3) is 0 Å². The Bertz CT molecular complexity index is 696. The maximum absolute atomic E-state index is 11.0. The molecular formula is C21H26N2O2. The molecule has 1 atom stereocenters. The summed E-state index contributed by atoms with van der Waals surface area (Å²) < 4.78 is 5.89. The molecule has 2 aromatic rings. The summed E-state index contributed by atoms with van der Waals surface area (Å²) in [5, 5.41) is 11.0. The fourth-order valence-corrected chi connectivity index (χ4v) is 4.12. The molecule has 4 nitrogen and oxygen atoms in total. The zero-order valence-electron chi connectivity index (χ0n) is 14.6. The lowest BCUT2D eigenvalue weighted by Crippen LogP contribution is -2.44. The molecule has 2 aliphatic heterocycles. The van der Waals surface area contributed by atoms with Gasteiger partial charge in [0.05, 0.1) is 12.2 Å². The van der Waals surface area contributed by atoms with Gasteiger partial charge < -0.3 is 14.7 Å². The monoisotopic (exact) mass is 338 g/mol. The van der Waals surface area contributed by atoms with Gasteiger partial charge in [-0.2, -0.15) is 0 Å². The topological polar surface area (TPSA) is 45.6 Å². The van der Waals surface area contributed by atoms with Crippen molar-refractivity contribution in [3.05, 3.63) is 59.9 Å². The Morgan fingerprint density at radius 2 is 2.00 bits per heavy atom. The van der Waals surface area contributed by atoms with Crippen molar-refractivity contribution < 1.29 is 9.84 Å². The Kier molecular flexibility index (Phi) is 4.73. The number of piperidine rings is 1. The van der Waals surface area contributed by atoms with E-state index in [9.17, 15) is 5.11 Å². The number of para-hydroxylation sites is 1. The smallest absolute Gasteiger partial charge is 0.122 e. The summed E-state index contributed by atoms with van der Waals surface area (Å²) in [7, 11) is 0. The van der Waals surface area contributed by atoms with Gasteiger partial charge in [-0.3, -0.25) is 4.98 Å². The highest BCUT2D eigenvalue weighted by atomic mass is 16.5. The van der Waals surface area contributed by atoms with E-state index in [1.165, 1.54) is 5.56 Å². The van der Waals surface area contributed by atoms with Gasteiger partial charge in [-0.25, -0.2) is 0 Å². The lowest BCUT2D eigenvalue weighted by atomic mass is 9.85. The number of likely N-dealkylation sites (tertiary alicyclic amines) is 1. The molecule has 0 amide bonds. The van der Waals surface area contributed by atoms with Crippen LogP contribution in [-0.2, 0) is 12.0 Å². The van der Waals surface area contributed by atoms with Crippen molar-refractivity contribution >= 4 is 0 Å². The lowest BCUT2D eigenvalue weighted by Gasteiger charge is -2.39. The van der Waals surface area contributed by atoms with Crippen LogP contribution in [-0.4, -0.2) is 41.2 Å². The molecule has 4 heteroatoms. The van der Waals surface area contributed by atoms with Crippen LogP contribution in [0.2, 0.25) is 0 Å². The lowest BCUT2D eigenvalue weighted by molar-refractivity contribution is -0.0293. The first kappa shape index (κ1) is 16.6. The number of benzene rings is 1. The van der Waals surface area contributed by atoms with Crippen molar-refractivity contribution in [2.24, 2.45) is 5.92 Å². The first-order valence-electron chi connectivity index (χ1n) is 9.29. The third kappa shape index (κ3) is 3.70. The van der Waals surface area contributed by atoms with Gasteiger partial charge >= 0.3 is 0 Å². The predicted molar refractivity (Wildman–Crippen MR) is 97.6 cm³/mol. The minimum absolute atomic E-state index is 0.619. The standard InChI is InChI=1S/C21H26N2O2/c24-21(19-5-3-10-22-15-19)8-11-23(12-9-21)16-17-7-13-25-20-6-2-1-4-18(20)14-17/h1-6,10,15,17,24H,7-9,11-14,16H2/t17-/m0/s1. The second-order valence-electron chi connectivity index (χ2n) is 7.39. The van der Waals surface area contributed by atoms with Gasteiger partial charge in [0, 0.05) is 37.6 Å². The minimum atomic E-state index is -0.718. The highest BCUT2D eigenvalue weighted by Gasteiger charge is 2.34. The number of hydrogen-bond donors (Lipinski definition) is 1. The van der Waals surface area contributed by atoms with Crippen molar-refractivity contribution in [2.45, 2.75) is 31.3 Å². The second kappa shape index (κ2) is 7.14. The van der Waals surface area contributed by atoms with E-state index in [0.29, 0.717) is 5.92 Å². The van der Waals surface area contributed by atoms with E-state index in [4.69, 9.17) is 4.74 Å². The van der Waals surface area contributed by atoms with Gasteiger partial charge in [0.2, 0.25) is 0 Å². The fourth-order valence-electron chi connectivity index (χ4n) is 4.12. The van der Waals surface area contributed by atoms with Gasteiger partial charge in [0.25, 0.3) is 0 Å². The molecule has 0 unspecified atom stereocenters. The van der Waals surface area contributed by atoms with Crippen LogP contribution in [0.3, 0.4) is 0 Å². The molecule has 0 bridgehead atoms. The minimum Gasteiger partial charge on any atom is -0.493 e. The number of fused-ring (bicyclic) bond motifs is 1. The number of aromatic nitrogens is 1. The van der Waals surface area contributed by atoms with E-state index in [1.807, 2.05) is 18.2 Å². The largest absolute Gasteiger partial charge is 0.493 e. The first-order chi connectivity index (χ1) is 12.2. The van der Waals surface area contributed by atoms with Crippen LogP contribution in [0.4, 0.5) is 0 Å². The Labute approximate surface area is 149 Å². The molecule has 0 spiro atoms. The molecular weight excluding hydrogens is 312 g/mol. The van der Waals surface area contributed by atoms with Crippen LogP contribution in [0.1, 0.15) is 30.4 Å². The summed E-state index contributed by atoms with van der Waals surface area (Å²) >= 11 is 0.